The Morgan fingerprint density at radius 1 is 1.19 bits per heavy atom. The second-order valence-electron chi connectivity index (χ2n) is 8.94. The summed E-state index contributed by atoms with van der Waals surface area (Å²) in [4.78, 5) is 38.9. The van der Waals surface area contributed by atoms with Crippen LogP contribution < -0.4 is 20.5 Å². The summed E-state index contributed by atoms with van der Waals surface area (Å²) in [7, 11) is 1.45. The molecule has 3 aromatic rings. The normalized spacial score (nSPS) is 16.5. The largest absolute Gasteiger partial charge is 0.432 e. The van der Waals surface area contributed by atoms with Crippen LogP contribution in [-0.2, 0) is 6.54 Å². The van der Waals surface area contributed by atoms with Crippen LogP contribution >= 0.6 is 0 Å². The maximum absolute atomic E-state index is 14.5. The van der Waals surface area contributed by atoms with Crippen molar-refractivity contribution in [1.29, 1.82) is 0 Å². The predicted octanol–water partition coefficient (Wildman–Crippen LogP) is 2.62. The van der Waals surface area contributed by atoms with Crippen LogP contribution in [-0.4, -0.2) is 65.6 Å². The number of fused-ring (bicyclic) bond motifs is 1. The van der Waals surface area contributed by atoms with E-state index in [-0.39, 0.29) is 28.4 Å². The zero-order valence-electron chi connectivity index (χ0n) is 19.6. The van der Waals surface area contributed by atoms with E-state index in [4.69, 9.17) is 4.74 Å². The minimum absolute atomic E-state index is 0.00675. The molecule has 12 heteroatoms. The van der Waals surface area contributed by atoms with Crippen molar-refractivity contribution in [3.8, 4) is 5.75 Å². The van der Waals surface area contributed by atoms with Gasteiger partial charge in [0, 0.05) is 45.7 Å². The summed E-state index contributed by atoms with van der Waals surface area (Å²) < 4.78 is 45.5. The van der Waals surface area contributed by atoms with E-state index in [0.29, 0.717) is 55.2 Å². The molecule has 9 nitrogen and oxygen atoms in total. The number of alkyl halides is 2. The molecule has 1 amide bonds. The lowest BCUT2D eigenvalue weighted by Gasteiger charge is -2.36. The average Bonchev–Trinajstić information content (AvgIpc) is 3.69. The van der Waals surface area contributed by atoms with E-state index < -0.39 is 18.5 Å². The number of anilines is 1. The van der Waals surface area contributed by atoms with Gasteiger partial charge in [0.25, 0.3) is 11.5 Å². The van der Waals surface area contributed by atoms with E-state index in [2.05, 4.69) is 25.2 Å². The Balaban J connectivity index is 1.31. The van der Waals surface area contributed by atoms with E-state index in [1.54, 1.807) is 12.1 Å². The Morgan fingerprint density at radius 3 is 2.58 bits per heavy atom. The highest BCUT2D eigenvalue weighted by Gasteiger charge is 2.29. The second-order valence-corrected chi connectivity index (χ2v) is 8.94. The van der Waals surface area contributed by atoms with Crippen LogP contribution in [0.1, 0.15) is 40.5 Å². The molecule has 1 aliphatic heterocycles. The van der Waals surface area contributed by atoms with Crippen molar-refractivity contribution in [3.63, 3.8) is 0 Å². The molecular weight excluding hydrogens is 477 g/mol. The first kappa shape index (κ1) is 24.0. The number of halogens is 3. The summed E-state index contributed by atoms with van der Waals surface area (Å²) in [6.45, 7) is -0.427. The van der Waals surface area contributed by atoms with Crippen LogP contribution in [0, 0.1) is 5.95 Å². The highest BCUT2D eigenvalue weighted by Crippen LogP contribution is 2.38. The molecular formula is C24H25F3N6O3. The molecule has 3 heterocycles. The van der Waals surface area contributed by atoms with E-state index in [1.165, 1.54) is 19.2 Å². The molecule has 190 valence electrons. The van der Waals surface area contributed by atoms with Crippen LogP contribution in [0.25, 0.3) is 11.0 Å². The summed E-state index contributed by atoms with van der Waals surface area (Å²) >= 11 is 0. The standard InChI is InChI=1S/C24H25F3N6O3/c1-28-22(34)15-4-5-17(21(25)29-15)33-8-6-32(7-9-33)12-13-10-16-20(18(11-13)36-24(26)27)31-19(14-2-3-14)23(35)30-16/h4-5,10-11,14,24H,2-3,6-9,12H2,1H3,(H,28,34)(H,30,35). The van der Waals surface area contributed by atoms with E-state index >= 15 is 0 Å². The van der Waals surface area contributed by atoms with Crippen LogP contribution in [0.15, 0.2) is 29.1 Å². The van der Waals surface area contributed by atoms with Crippen LogP contribution in [0.4, 0.5) is 18.9 Å². The number of piperazine rings is 1. The number of ether oxygens (including phenoxy) is 1. The number of pyridine rings is 1. The Bertz CT molecular complexity index is 1350. The van der Waals surface area contributed by atoms with Crippen molar-refractivity contribution in [3.05, 3.63) is 57.5 Å². The lowest BCUT2D eigenvalue weighted by Crippen LogP contribution is -2.46. The van der Waals surface area contributed by atoms with Crippen molar-refractivity contribution in [2.24, 2.45) is 0 Å². The molecule has 1 aromatic carbocycles. The highest BCUT2D eigenvalue weighted by atomic mass is 19.3. The van der Waals surface area contributed by atoms with Gasteiger partial charge in [0.2, 0.25) is 5.95 Å². The lowest BCUT2D eigenvalue weighted by molar-refractivity contribution is -0.0489. The molecule has 1 saturated heterocycles. The number of H-pyrrole nitrogens is 1. The zero-order valence-corrected chi connectivity index (χ0v) is 19.6. The Kier molecular flexibility index (Phi) is 6.52. The van der Waals surface area contributed by atoms with E-state index in [9.17, 15) is 22.8 Å². The molecule has 5 rings (SSSR count). The van der Waals surface area contributed by atoms with E-state index in [1.807, 2.05) is 4.90 Å². The van der Waals surface area contributed by atoms with Gasteiger partial charge in [0.05, 0.1) is 11.2 Å². The van der Waals surface area contributed by atoms with Gasteiger partial charge in [0.1, 0.15) is 16.9 Å². The smallest absolute Gasteiger partial charge is 0.387 e. The monoisotopic (exact) mass is 502 g/mol. The second kappa shape index (κ2) is 9.76. The van der Waals surface area contributed by atoms with Gasteiger partial charge >= 0.3 is 6.61 Å². The average molecular weight is 502 g/mol. The number of nitrogens with zero attached hydrogens (tertiary/aromatic N) is 4. The highest BCUT2D eigenvalue weighted by molar-refractivity contribution is 5.92. The number of rotatable bonds is 7. The molecule has 0 bridgehead atoms. The fraction of sp³-hybridized carbons (Fsp3) is 0.417. The topological polar surface area (TPSA) is 103 Å². The van der Waals surface area contributed by atoms with E-state index in [0.717, 1.165) is 12.8 Å². The number of aromatic amines is 1. The van der Waals surface area contributed by atoms with Gasteiger partial charge in [-0.05, 0) is 42.7 Å². The van der Waals surface area contributed by atoms with Gasteiger partial charge in [-0.25, -0.2) is 9.97 Å². The first-order valence-corrected chi connectivity index (χ1v) is 11.7. The van der Waals surface area contributed by atoms with Gasteiger partial charge in [-0.3, -0.25) is 14.5 Å². The Morgan fingerprint density at radius 2 is 1.94 bits per heavy atom. The van der Waals surface area contributed by atoms with Gasteiger partial charge in [-0.1, -0.05) is 0 Å². The molecule has 2 aliphatic rings. The molecule has 0 radical (unpaired) electrons. The third-order valence-electron chi connectivity index (χ3n) is 6.44. The van der Waals surface area contributed by atoms with Gasteiger partial charge in [-0.15, -0.1) is 0 Å². The summed E-state index contributed by atoms with van der Waals surface area (Å²) in [6, 6.07) is 6.28. The molecule has 0 spiro atoms. The molecule has 36 heavy (non-hydrogen) atoms. The number of carbonyl (C=O) groups is 1. The fourth-order valence-corrected chi connectivity index (χ4v) is 4.47. The van der Waals surface area contributed by atoms with Crippen molar-refractivity contribution >= 4 is 22.6 Å². The minimum atomic E-state index is -3.02. The van der Waals surface area contributed by atoms with Crippen molar-refractivity contribution in [1.82, 2.24) is 25.2 Å². The maximum atomic E-state index is 14.5. The molecule has 2 fully saturated rings. The van der Waals surface area contributed by atoms with Crippen LogP contribution in [0.3, 0.4) is 0 Å². The molecule has 2 N–H and O–H groups in total. The predicted molar refractivity (Wildman–Crippen MR) is 126 cm³/mol. The number of hydrogen-bond acceptors (Lipinski definition) is 7. The molecule has 0 unspecified atom stereocenters. The van der Waals surface area contributed by atoms with Gasteiger partial charge in [0.15, 0.2) is 5.75 Å². The van der Waals surface area contributed by atoms with Crippen molar-refractivity contribution in [2.45, 2.75) is 31.9 Å². The fourth-order valence-electron chi connectivity index (χ4n) is 4.47. The zero-order chi connectivity index (χ0) is 25.4. The first-order valence-electron chi connectivity index (χ1n) is 11.7. The lowest BCUT2D eigenvalue weighted by atomic mass is 10.1. The third kappa shape index (κ3) is 4.99. The summed E-state index contributed by atoms with van der Waals surface area (Å²) in [5.41, 5.74) is 1.62. The van der Waals surface area contributed by atoms with Crippen LogP contribution in [0.2, 0.25) is 0 Å². The van der Waals surface area contributed by atoms with Crippen molar-refractivity contribution < 1.29 is 22.7 Å². The number of carbonyl (C=O) groups excluding carboxylic acids is 1. The maximum Gasteiger partial charge on any atom is 0.387 e. The van der Waals surface area contributed by atoms with Crippen molar-refractivity contribution in [2.75, 3.05) is 38.1 Å². The molecule has 0 atom stereocenters. The Hall–Kier alpha value is -3.67. The molecule has 2 aromatic heterocycles. The molecule has 1 aliphatic carbocycles. The SMILES string of the molecule is CNC(=O)c1ccc(N2CCN(Cc3cc(OC(F)F)c4nc(C5CC5)c(=O)[nH]c4c3)CC2)c(F)n1. The summed E-state index contributed by atoms with van der Waals surface area (Å²) in [5.74, 6) is -1.18. The minimum Gasteiger partial charge on any atom is -0.432 e. The number of nitrogens with one attached hydrogen (secondary N) is 2. The Labute approximate surface area is 204 Å². The third-order valence-corrected chi connectivity index (χ3v) is 6.44. The van der Waals surface area contributed by atoms with Gasteiger partial charge in [-0.2, -0.15) is 13.2 Å². The van der Waals surface area contributed by atoms with Gasteiger partial charge < -0.3 is 19.9 Å². The molecule has 1 saturated carbocycles. The number of aromatic nitrogens is 3. The first-order chi connectivity index (χ1) is 17.3. The summed E-state index contributed by atoms with van der Waals surface area (Å²) in [5, 5.41) is 2.41. The van der Waals surface area contributed by atoms with Crippen LogP contribution in [0.5, 0.6) is 5.75 Å². The number of hydrogen-bond donors (Lipinski definition) is 2. The number of benzene rings is 1. The summed E-state index contributed by atoms with van der Waals surface area (Å²) in [6.07, 6.45) is 1.71. The number of amides is 1. The quantitative estimate of drug-likeness (QED) is 0.479.